The van der Waals surface area contributed by atoms with Gasteiger partial charge in [0, 0.05) is 18.2 Å². The van der Waals surface area contributed by atoms with Gasteiger partial charge in [-0.3, -0.25) is 0 Å². The second-order valence-corrected chi connectivity index (χ2v) is 4.81. The number of carbonyl (C=O) groups is 1. The maximum Gasteiger partial charge on any atom is 0.333 e. The first-order chi connectivity index (χ1) is 9.10. The van der Waals surface area contributed by atoms with Crippen LogP contribution in [0.15, 0.2) is 11.6 Å². The molecular formula is C14H25NO4. The van der Waals surface area contributed by atoms with Gasteiger partial charge in [-0.25, -0.2) is 4.79 Å². The zero-order valence-electron chi connectivity index (χ0n) is 11.8. The number of ether oxygens (including phenoxy) is 2. The molecule has 0 saturated carbocycles. The zero-order chi connectivity index (χ0) is 14.3. The number of unbranched alkanes of at least 4 members (excludes halogenated alkanes) is 2. The van der Waals surface area contributed by atoms with Crippen molar-refractivity contribution < 1.29 is 19.4 Å². The lowest BCUT2D eigenvalue weighted by Gasteiger charge is -2.30. The van der Waals surface area contributed by atoms with E-state index >= 15 is 0 Å². The lowest BCUT2D eigenvalue weighted by Crippen LogP contribution is -2.47. The highest BCUT2D eigenvalue weighted by Crippen LogP contribution is 2.21. The number of carbonyl (C=O) groups excluding carboxylic acids is 1. The molecule has 1 rings (SSSR count). The van der Waals surface area contributed by atoms with Gasteiger partial charge in [-0.1, -0.05) is 19.8 Å². The van der Waals surface area contributed by atoms with E-state index in [1.165, 1.54) is 0 Å². The molecule has 3 N–H and O–H groups in total. The number of aliphatic hydroxyl groups is 1. The second kappa shape index (κ2) is 8.30. The van der Waals surface area contributed by atoms with Gasteiger partial charge in [0.1, 0.15) is 6.10 Å². The molecule has 5 heteroatoms. The van der Waals surface area contributed by atoms with E-state index < -0.39 is 18.2 Å². The van der Waals surface area contributed by atoms with Crippen LogP contribution in [0.1, 0.15) is 39.5 Å². The maximum absolute atomic E-state index is 11.7. The summed E-state index contributed by atoms with van der Waals surface area (Å²) >= 11 is 0. The first kappa shape index (κ1) is 16.1. The first-order valence-corrected chi connectivity index (χ1v) is 7.03. The molecule has 0 aromatic carbocycles. The van der Waals surface area contributed by atoms with Gasteiger partial charge in [0.2, 0.25) is 0 Å². The summed E-state index contributed by atoms with van der Waals surface area (Å²) in [5.74, 6) is -0.369. The molecule has 3 unspecified atom stereocenters. The summed E-state index contributed by atoms with van der Waals surface area (Å²) in [6.45, 7) is 4.77. The van der Waals surface area contributed by atoms with E-state index in [-0.39, 0.29) is 5.97 Å². The predicted octanol–water partition coefficient (Wildman–Crippen LogP) is 1.14. The van der Waals surface area contributed by atoms with E-state index in [1.54, 1.807) is 13.0 Å². The Balaban J connectivity index is 2.59. The molecule has 1 aliphatic rings. The largest absolute Gasteiger partial charge is 0.463 e. The predicted molar refractivity (Wildman–Crippen MR) is 72.6 cm³/mol. The van der Waals surface area contributed by atoms with Gasteiger partial charge >= 0.3 is 5.97 Å². The molecule has 1 aliphatic carbocycles. The molecule has 19 heavy (non-hydrogen) atoms. The molecule has 3 atom stereocenters. The van der Waals surface area contributed by atoms with Crippen LogP contribution in [-0.2, 0) is 14.3 Å². The molecule has 5 nitrogen and oxygen atoms in total. The van der Waals surface area contributed by atoms with Crippen LogP contribution in [0, 0.1) is 0 Å². The van der Waals surface area contributed by atoms with Gasteiger partial charge in [0.25, 0.3) is 0 Å². The first-order valence-electron chi connectivity index (χ1n) is 7.03. The van der Waals surface area contributed by atoms with Crippen molar-refractivity contribution in [3.05, 3.63) is 11.6 Å². The van der Waals surface area contributed by atoms with Crippen LogP contribution in [0.4, 0.5) is 0 Å². The fraction of sp³-hybridized carbons (Fsp3) is 0.786. The molecule has 0 bridgehead atoms. The van der Waals surface area contributed by atoms with Gasteiger partial charge < -0.3 is 20.3 Å². The monoisotopic (exact) mass is 271 g/mol. The van der Waals surface area contributed by atoms with E-state index in [4.69, 9.17) is 15.2 Å². The normalized spacial score (nSPS) is 26.9. The van der Waals surface area contributed by atoms with Gasteiger partial charge in [-0.15, -0.1) is 0 Å². The van der Waals surface area contributed by atoms with Crippen LogP contribution in [0.2, 0.25) is 0 Å². The molecule has 0 aliphatic heterocycles. The Hall–Kier alpha value is -0.910. The van der Waals surface area contributed by atoms with Crippen molar-refractivity contribution in [1.82, 2.24) is 0 Å². The van der Waals surface area contributed by atoms with Crippen LogP contribution < -0.4 is 5.73 Å². The quantitative estimate of drug-likeness (QED) is 0.536. The van der Waals surface area contributed by atoms with Crippen LogP contribution in [0.3, 0.4) is 0 Å². The van der Waals surface area contributed by atoms with Crippen molar-refractivity contribution in [1.29, 1.82) is 0 Å². The fourth-order valence-corrected chi connectivity index (χ4v) is 2.08. The summed E-state index contributed by atoms with van der Waals surface area (Å²) in [6.07, 6.45) is 3.84. The topological polar surface area (TPSA) is 81.8 Å². The molecule has 0 amide bonds. The Bertz CT molecular complexity index is 317. The number of hydrogen-bond acceptors (Lipinski definition) is 5. The molecule has 110 valence electrons. The van der Waals surface area contributed by atoms with E-state index in [2.05, 4.69) is 6.92 Å². The minimum Gasteiger partial charge on any atom is -0.463 e. The van der Waals surface area contributed by atoms with Gasteiger partial charge in [0.05, 0.1) is 12.7 Å². The Kier molecular flexibility index (Phi) is 7.05. The number of esters is 1. The molecule has 0 aromatic rings. The average Bonchev–Trinajstić information content (AvgIpc) is 2.39. The number of aliphatic hydroxyl groups excluding tert-OH is 1. The third kappa shape index (κ3) is 4.93. The third-order valence-electron chi connectivity index (χ3n) is 3.19. The Morgan fingerprint density at radius 2 is 2.21 bits per heavy atom. The van der Waals surface area contributed by atoms with Crippen molar-refractivity contribution in [2.45, 2.75) is 57.8 Å². The Labute approximate surface area is 114 Å². The van der Waals surface area contributed by atoms with Crippen molar-refractivity contribution in [3.8, 4) is 0 Å². The lowest BCUT2D eigenvalue weighted by atomic mass is 9.90. The maximum atomic E-state index is 11.7. The molecule has 0 aromatic heterocycles. The Morgan fingerprint density at radius 3 is 2.84 bits per heavy atom. The number of rotatable bonds is 7. The number of hydrogen-bond donors (Lipinski definition) is 2. The third-order valence-corrected chi connectivity index (χ3v) is 3.19. The minimum absolute atomic E-state index is 0.328. The van der Waals surface area contributed by atoms with Crippen LogP contribution in [0.25, 0.3) is 0 Å². The highest BCUT2D eigenvalue weighted by molar-refractivity contribution is 5.88. The van der Waals surface area contributed by atoms with Gasteiger partial charge in [-0.05, 0) is 25.8 Å². The van der Waals surface area contributed by atoms with E-state index in [0.717, 1.165) is 19.3 Å². The van der Waals surface area contributed by atoms with Gasteiger partial charge in [-0.2, -0.15) is 0 Å². The van der Waals surface area contributed by atoms with E-state index in [9.17, 15) is 9.90 Å². The Morgan fingerprint density at radius 1 is 1.47 bits per heavy atom. The summed E-state index contributed by atoms with van der Waals surface area (Å²) in [5.41, 5.74) is 6.34. The SMILES string of the molecule is CCCCCOC1C=C(C(=O)OCC)CC(N)C1O. The standard InChI is InChI=1S/C14H25NO4/c1-3-5-6-7-19-12-9-10(14(17)18-4-2)8-11(15)13(12)16/h9,11-13,16H,3-8,15H2,1-2H3. The summed E-state index contributed by atoms with van der Waals surface area (Å²) < 4.78 is 10.6. The highest BCUT2D eigenvalue weighted by atomic mass is 16.5. The molecule has 0 heterocycles. The second-order valence-electron chi connectivity index (χ2n) is 4.81. The summed E-state index contributed by atoms with van der Waals surface area (Å²) in [5, 5.41) is 9.98. The van der Waals surface area contributed by atoms with Crippen molar-refractivity contribution in [3.63, 3.8) is 0 Å². The van der Waals surface area contributed by atoms with Gasteiger partial charge in [0.15, 0.2) is 0 Å². The molecule has 0 radical (unpaired) electrons. The highest BCUT2D eigenvalue weighted by Gasteiger charge is 2.32. The molecule has 0 saturated heterocycles. The summed E-state index contributed by atoms with van der Waals surface area (Å²) in [4.78, 5) is 11.7. The zero-order valence-corrected chi connectivity index (χ0v) is 11.8. The van der Waals surface area contributed by atoms with E-state index in [1.807, 2.05) is 0 Å². The smallest absolute Gasteiger partial charge is 0.333 e. The van der Waals surface area contributed by atoms with Crippen LogP contribution in [-0.4, -0.2) is 42.5 Å². The molecule has 0 fully saturated rings. The summed E-state index contributed by atoms with van der Waals surface area (Å²) in [6, 6.07) is -0.486. The van der Waals surface area contributed by atoms with E-state index in [0.29, 0.717) is 25.2 Å². The summed E-state index contributed by atoms with van der Waals surface area (Å²) in [7, 11) is 0. The minimum atomic E-state index is -0.764. The van der Waals surface area contributed by atoms with Crippen molar-refractivity contribution >= 4 is 5.97 Å². The average molecular weight is 271 g/mol. The van der Waals surface area contributed by atoms with Crippen LogP contribution in [0.5, 0.6) is 0 Å². The lowest BCUT2D eigenvalue weighted by molar-refractivity contribution is -0.139. The molecular weight excluding hydrogens is 246 g/mol. The van der Waals surface area contributed by atoms with Crippen molar-refractivity contribution in [2.24, 2.45) is 5.73 Å². The number of nitrogens with two attached hydrogens (primary N) is 1. The fourth-order valence-electron chi connectivity index (χ4n) is 2.08. The van der Waals surface area contributed by atoms with Crippen LogP contribution >= 0.6 is 0 Å². The molecule has 0 spiro atoms. The van der Waals surface area contributed by atoms with Crippen molar-refractivity contribution in [2.75, 3.05) is 13.2 Å².